The molecule has 33 heavy (non-hydrogen) atoms. The van der Waals surface area contributed by atoms with E-state index >= 15 is 0 Å². The van der Waals surface area contributed by atoms with Crippen LogP contribution in [0.1, 0.15) is 36.1 Å². The second-order valence-electron chi connectivity index (χ2n) is 8.22. The molecule has 0 aliphatic heterocycles. The first-order chi connectivity index (χ1) is 16.0. The Labute approximate surface area is 195 Å². The second-order valence-corrected chi connectivity index (χ2v) is 8.22. The number of hydrogen-bond donors (Lipinski definition) is 0. The van der Waals surface area contributed by atoms with Crippen LogP contribution in [-0.2, 0) is 5.41 Å². The molecule has 0 atom stereocenters. The van der Waals surface area contributed by atoms with E-state index in [-0.39, 0.29) is 5.41 Å². The van der Waals surface area contributed by atoms with Gasteiger partial charge in [-0.2, -0.15) is 0 Å². The molecule has 4 aromatic carbocycles. The van der Waals surface area contributed by atoms with E-state index < -0.39 is 0 Å². The van der Waals surface area contributed by atoms with Crippen molar-refractivity contribution in [2.45, 2.75) is 19.3 Å². The van der Waals surface area contributed by atoms with Crippen LogP contribution in [0.25, 0.3) is 0 Å². The van der Waals surface area contributed by atoms with Crippen molar-refractivity contribution in [3.05, 3.63) is 119 Å². The minimum atomic E-state index is -0.191. The van der Waals surface area contributed by atoms with E-state index in [2.05, 4.69) is 50.0 Å². The van der Waals surface area contributed by atoms with Crippen molar-refractivity contribution in [3.63, 3.8) is 0 Å². The fourth-order valence-corrected chi connectivity index (χ4v) is 3.62. The van der Waals surface area contributed by atoms with Crippen LogP contribution < -0.4 is 9.47 Å². The summed E-state index contributed by atoms with van der Waals surface area (Å²) in [4.78, 5) is 0. The Balaban J connectivity index is 1.48. The third kappa shape index (κ3) is 5.09. The molecule has 2 heteroatoms. The van der Waals surface area contributed by atoms with Gasteiger partial charge in [-0.1, -0.05) is 62.1 Å². The number of rotatable bonds is 6. The van der Waals surface area contributed by atoms with Gasteiger partial charge in [0.25, 0.3) is 0 Å². The number of terminal acetylenes is 2. The third-order valence-electron chi connectivity index (χ3n) is 5.62. The normalized spacial score (nSPS) is 10.7. The molecule has 0 saturated carbocycles. The quantitative estimate of drug-likeness (QED) is 0.295. The van der Waals surface area contributed by atoms with Crippen LogP contribution in [0.3, 0.4) is 0 Å². The summed E-state index contributed by atoms with van der Waals surface area (Å²) in [5.41, 5.74) is 3.76. The van der Waals surface area contributed by atoms with Crippen molar-refractivity contribution < 1.29 is 9.47 Å². The van der Waals surface area contributed by atoms with Crippen LogP contribution in [0.2, 0.25) is 0 Å². The monoisotopic (exact) mass is 428 g/mol. The number of benzene rings is 4. The van der Waals surface area contributed by atoms with E-state index in [0.717, 1.165) is 34.1 Å². The Morgan fingerprint density at radius 1 is 0.545 bits per heavy atom. The highest BCUT2D eigenvalue weighted by Gasteiger charge is 2.23. The lowest BCUT2D eigenvalue weighted by Crippen LogP contribution is -2.18. The van der Waals surface area contributed by atoms with Gasteiger partial charge in [0.05, 0.1) is 0 Å². The van der Waals surface area contributed by atoms with Crippen LogP contribution in [-0.4, -0.2) is 0 Å². The van der Waals surface area contributed by atoms with Crippen molar-refractivity contribution in [1.29, 1.82) is 0 Å². The Bertz CT molecular complexity index is 1230. The van der Waals surface area contributed by atoms with E-state index in [1.165, 1.54) is 11.1 Å². The Hall–Kier alpha value is -4.40. The molecule has 0 unspecified atom stereocenters. The third-order valence-corrected chi connectivity index (χ3v) is 5.62. The molecule has 0 heterocycles. The van der Waals surface area contributed by atoms with Crippen molar-refractivity contribution in [3.8, 4) is 47.7 Å². The minimum absolute atomic E-state index is 0.191. The lowest BCUT2D eigenvalue weighted by atomic mass is 9.78. The van der Waals surface area contributed by atoms with Crippen LogP contribution in [0, 0.1) is 24.7 Å². The van der Waals surface area contributed by atoms with Gasteiger partial charge in [-0.15, -0.1) is 12.8 Å². The fourth-order valence-electron chi connectivity index (χ4n) is 3.62. The predicted octanol–water partition coefficient (Wildman–Crippen LogP) is 7.56. The number of hydrogen-bond acceptors (Lipinski definition) is 2. The highest BCUT2D eigenvalue weighted by molar-refractivity contribution is 5.45. The molecule has 0 saturated heterocycles. The van der Waals surface area contributed by atoms with Gasteiger partial charge in [-0.05, 0) is 71.8 Å². The number of ether oxygens (including phenoxy) is 2. The molecule has 0 bridgehead atoms. The van der Waals surface area contributed by atoms with Crippen molar-refractivity contribution in [1.82, 2.24) is 0 Å². The molecule has 0 aliphatic rings. The summed E-state index contributed by atoms with van der Waals surface area (Å²) in [6, 6.07) is 31.3. The Morgan fingerprint density at radius 3 is 1.30 bits per heavy atom. The molecule has 4 aromatic rings. The molecule has 160 valence electrons. The van der Waals surface area contributed by atoms with Crippen LogP contribution in [0.15, 0.2) is 97.1 Å². The largest absolute Gasteiger partial charge is 0.457 e. The molecule has 2 nitrogen and oxygen atoms in total. The Kier molecular flexibility index (Phi) is 6.21. The first-order valence-electron chi connectivity index (χ1n) is 10.7. The van der Waals surface area contributed by atoms with Crippen LogP contribution >= 0.6 is 0 Å². The maximum Gasteiger partial charge on any atom is 0.128 e. The summed E-state index contributed by atoms with van der Waals surface area (Å²) >= 11 is 0. The van der Waals surface area contributed by atoms with Crippen molar-refractivity contribution >= 4 is 0 Å². The smallest absolute Gasteiger partial charge is 0.128 e. The van der Waals surface area contributed by atoms with Gasteiger partial charge in [-0.25, -0.2) is 0 Å². The molecule has 0 fully saturated rings. The molecular formula is C31H24O2. The second kappa shape index (κ2) is 9.39. The lowest BCUT2D eigenvalue weighted by Gasteiger charge is -2.26. The summed E-state index contributed by atoms with van der Waals surface area (Å²) in [7, 11) is 0. The van der Waals surface area contributed by atoms with Gasteiger partial charge < -0.3 is 9.47 Å². The summed E-state index contributed by atoms with van der Waals surface area (Å²) in [5, 5.41) is 0. The minimum Gasteiger partial charge on any atom is -0.457 e. The summed E-state index contributed by atoms with van der Waals surface area (Å²) < 4.78 is 11.9. The van der Waals surface area contributed by atoms with E-state index in [0.29, 0.717) is 0 Å². The average Bonchev–Trinajstić information content (AvgIpc) is 2.85. The standard InChI is InChI=1S/C31H24O2/c1-5-23-9-7-11-29(21-23)32-27-17-13-25(14-18-27)31(3,4)26-15-19-28(20-16-26)33-30-12-8-10-24(6-2)22-30/h1-2,7-22H,3-4H3. The summed E-state index contributed by atoms with van der Waals surface area (Å²) in [5.74, 6) is 8.23. The highest BCUT2D eigenvalue weighted by atomic mass is 16.5. The molecule has 0 radical (unpaired) electrons. The zero-order valence-corrected chi connectivity index (χ0v) is 18.7. The first kappa shape index (κ1) is 21.8. The van der Waals surface area contributed by atoms with Gasteiger partial charge >= 0.3 is 0 Å². The van der Waals surface area contributed by atoms with E-state index in [4.69, 9.17) is 22.3 Å². The first-order valence-corrected chi connectivity index (χ1v) is 10.7. The zero-order valence-electron chi connectivity index (χ0n) is 18.7. The van der Waals surface area contributed by atoms with Crippen LogP contribution in [0.5, 0.6) is 23.0 Å². The molecule has 0 spiro atoms. The average molecular weight is 429 g/mol. The summed E-state index contributed by atoms with van der Waals surface area (Å²) in [6.45, 7) is 4.40. The summed E-state index contributed by atoms with van der Waals surface area (Å²) in [6.07, 6.45) is 10.9. The van der Waals surface area contributed by atoms with Gasteiger partial charge in [-0.3, -0.25) is 0 Å². The van der Waals surface area contributed by atoms with Gasteiger partial charge in [0, 0.05) is 16.5 Å². The lowest BCUT2D eigenvalue weighted by molar-refractivity contribution is 0.481. The molecule has 4 rings (SSSR count). The molecule has 0 aliphatic carbocycles. The topological polar surface area (TPSA) is 18.5 Å². The van der Waals surface area contributed by atoms with Crippen molar-refractivity contribution in [2.24, 2.45) is 0 Å². The van der Waals surface area contributed by atoms with Crippen molar-refractivity contribution in [2.75, 3.05) is 0 Å². The molecule has 0 amide bonds. The maximum atomic E-state index is 5.96. The fraction of sp³-hybridized carbons (Fsp3) is 0.0968. The SMILES string of the molecule is C#Cc1cccc(Oc2ccc(C(C)(C)c3ccc(Oc4cccc(C#C)c4)cc3)cc2)c1. The molecular weight excluding hydrogens is 404 g/mol. The molecule has 0 aromatic heterocycles. The molecule has 0 N–H and O–H groups in total. The zero-order chi connectivity index (χ0) is 23.3. The van der Waals surface area contributed by atoms with Gasteiger partial charge in [0.1, 0.15) is 23.0 Å². The van der Waals surface area contributed by atoms with E-state index in [1.807, 2.05) is 72.8 Å². The van der Waals surface area contributed by atoms with E-state index in [9.17, 15) is 0 Å². The van der Waals surface area contributed by atoms with E-state index in [1.54, 1.807) is 0 Å². The maximum absolute atomic E-state index is 5.96. The van der Waals surface area contributed by atoms with Gasteiger partial charge in [0.15, 0.2) is 0 Å². The van der Waals surface area contributed by atoms with Crippen LogP contribution in [0.4, 0.5) is 0 Å². The predicted molar refractivity (Wildman–Crippen MR) is 134 cm³/mol. The Morgan fingerprint density at radius 2 is 0.939 bits per heavy atom. The highest BCUT2D eigenvalue weighted by Crippen LogP contribution is 2.34. The van der Waals surface area contributed by atoms with Gasteiger partial charge in [0.2, 0.25) is 0 Å².